The first-order valence-corrected chi connectivity index (χ1v) is 5.08. The molecule has 0 radical (unpaired) electrons. The monoisotopic (exact) mass is 208 g/mol. The number of carboxylic acids is 1. The van der Waals surface area contributed by atoms with E-state index in [1.807, 2.05) is 6.92 Å². The van der Waals surface area contributed by atoms with Crippen LogP contribution in [0.25, 0.3) is 0 Å². The Kier molecular flexibility index (Phi) is 7.34. The molecular formula is C10H18F2O2. The molecule has 0 bridgehead atoms. The highest BCUT2D eigenvalue weighted by Gasteiger charge is 2.15. The van der Waals surface area contributed by atoms with Gasteiger partial charge < -0.3 is 5.11 Å². The summed E-state index contributed by atoms with van der Waals surface area (Å²) in [6.07, 6.45) is 0.626. The number of hydrogen-bond donors (Lipinski definition) is 1. The van der Waals surface area contributed by atoms with Gasteiger partial charge >= 0.3 is 5.97 Å². The van der Waals surface area contributed by atoms with Crippen molar-refractivity contribution in [2.24, 2.45) is 5.92 Å². The van der Waals surface area contributed by atoms with E-state index in [1.165, 1.54) is 0 Å². The first-order chi connectivity index (χ1) is 6.57. The Hall–Kier alpha value is -0.670. The topological polar surface area (TPSA) is 37.3 Å². The zero-order chi connectivity index (χ0) is 11.0. The van der Waals surface area contributed by atoms with Crippen LogP contribution in [0.15, 0.2) is 0 Å². The molecule has 0 saturated carbocycles. The van der Waals surface area contributed by atoms with E-state index in [0.717, 1.165) is 6.42 Å². The molecule has 0 aromatic carbocycles. The van der Waals surface area contributed by atoms with Crippen molar-refractivity contribution in [3.8, 4) is 0 Å². The zero-order valence-corrected chi connectivity index (χ0v) is 8.51. The number of hydrogen-bond acceptors (Lipinski definition) is 1. The minimum atomic E-state index is -2.26. The van der Waals surface area contributed by atoms with Gasteiger partial charge in [0.05, 0.1) is 5.92 Å². The number of halogens is 2. The third-order valence-electron chi connectivity index (χ3n) is 2.21. The predicted molar refractivity (Wildman–Crippen MR) is 50.5 cm³/mol. The van der Waals surface area contributed by atoms with E-state index in [-0.39, 0.29) is 12.3 Å². The fourth-order valence-corrected chi connectivity index (χ4v) is 1.43. The largest absolute Gasteiger partial charge is 0.481 e. The maximum absolute atomic E-state index is 11.7. The highest BCUT2D eigenvalue weighted by Crippen LogP contribution is 2.17. The van der Waals surface area contributed by atoms with Crippen LogP contribution in [-0.2, 0) is 4.79 Å². The van der Waals surface area contributed by atoms with E-state index in [1.54, 1.807) is 0 Å². The molecule has 1 atom stereocenters. The molecule has 0 heterocycles. The molecule has 1 unspecified atom stereocenters. The maximum atomic E-state index is 11.7. The summed E-state index contributed by atoms with van der Waals surface area (Å²) in [6.45, 7) is 1.93. The summed E-state index contributed by atoms with van der Waals surface area (Å²) in [7, 11) is 0. The first kappa shape index (κ1) is 13.3. The molecule has 0 aliphatic carbocycles. The molecule has 0 aliphatic rings. The fraction of sp³-hybridized carbons (Fsp3) is 0.900. The molecule has 0 saturated heterocycles. The van der Waals surface area contributed by atoms with Crippen molar-refractivity contribution < 1.29 is 18.7 Å². The second-order valence-electron chi connectivity index (χ2n) is 3.50. The first-order valence-electron chi connectivity index (χ1n) is 5.08. The van der Waals surface area contributed by atoms with Gasteiger partial charge in [0.2, 0.25) is 6.43 Å². The molecule has 1 N–H and O–H groups in total. The smallest absolute Gasteiger partial charge is 0.306 e. The van der Waals surface area contributed by atoms with E-state index in [2.05, 4.69) is 0 Å². The quantitative estimate of drug-likeness (QED) is 0.621. The molecule has 0 spiro atoms. The minimum Gasteiger partial charge on any atom is -0.481 e. The molecule has 2 nitrogen and oxygen atoms in total. The number of aliphatic carboxylic acids is 1. The summed E-state index contributed by atoms with van der Waals surface area (Å²) < 4.78 is 23.5. The molecular weight excluding hydrogens is 190 g/mol. The molecule has 0 aromatic rings. The van der Waals surface area contributed by atoms with Gasteiger partial charge in [-0.05, 0) is 19.3 Å². The van der Waals surface area contributed by atoms with Crippen molar-refractivity contribution in [3.05, 3.63) is 0 Å². The Balaban J connectivity index is 3.56. The van der Waals surface area contributed by atoms with Gasteiger partial charge in [-0.3, -0.25) is 4.79 Å². The van der Waals surface area contributed by atoms with Crippen LogP contribution in [0.1, 0.15) is 45.4 Å². The van der Waals surface area contributed by atoms with Gasteiger partial charge in [-0.25, -0.2) is 8.78 Å². The van der Waals surface area contributed by atoms with Gasteiger partial charge in [0.25, 0.3) is 0 Å². The maximum Gasteiger partial charge on any atom is 0.306 e. The molecule has 0 rings (SSSR count). The van der Waals surface area contributed by atoms with Crippen molar-refractivity contribution >= 4 is 5.97 Å². The summed E-state index contributed by atoms with van der Waals surface area (Å²) in [5.41, 5.74) is 0. The van der Waals surface area contributed by atoms with Crippen LogP contribution in [0.3, 0.4) is 0 Å². The second kappa shape index (κ2) is 7.71. The average molecular weight is 208 g/mol. The number of alkyl halides is 2. The Morgan fingerprint density at radius 3 is 2.21 bits per heavy atom. The van der Waals surface area contributed by atoms with Gasteiger partial charge in [0.15, 0.2) is 0 Å². The number of carboxylic acid groups (broad SMARTS) is 1. The molecule has 4 heteroatoms. The lowest BCUT2D eigenvalue weighted by Gasteiger charge is -2.10. The lowest BCUT2D eigenvalue weighted by molar-refractivity contribution is -0.142. The Morgan fingerprint density at radius 1 is 1.21 bits per heavy atom. The third-order valence-corrected chi connectivity index (χ3v) is 2.21. The van der Waals surface area contributed by atoms with Gasteiger partial charge in [-0.15, -0.1) is 0 Å². The Labute approximate surface area is 83.3 Å². The van der Waals surface area contributed by atoms with E-state index >= 15 is 0 Å². The lowest BCUT2D eigenvalue weighted by Crippen LogP contribution is -2.13. The summed E-state index contributed by atoms with van der Waals surface area (Å²) >= 11 is 0. The predicted octanol–water partition coefficient (Wildman–Crippen LogP) is 3.31. The molecule has 0 amide bonds. The Morgan fingerprint density at radius 2 is 1.79 bits per heavy atom. The summed E-state index contributed by atoms with van der Waals surface area (Å²) in [6, 6.07) is 0. The zero-order valence-electron chi connectivity index (χ0n) is 8.51. The fourth-order valence-electron chi connectivity index (χ4n) is 1.43. The van der Waals surface area contributed by atoms with Crippen molar-refractivity contribution in [2.45, 2.75) is 51.9 Å². The molecule has 0 fully saturated rings. The van der Waals surface area contributed by atoms with Gasteiger partial charge in [0.1, 0.15) is 0 Å². The van der Waals surface area contributed by atoms with Crippen LogP contribution >= 0.6 is 0 Å². The van der Waals surface area contributed by atoms with Gasteiger partial charge in [-0.2, -0.15) is 0 Å². The van der Waals surface area contributed by atoms with Gasteiger partial charge in [0, 0.05) is 6.42 Å². The van der Waals surface area contributed by atoms with Crippen LogP contribution in [0, 0.1) is 5.92 Å². The normalized spacial score (nSPS) is 13.1. The minimum absolute atomic E-state index is 0.113. The van der Waals surface area contributed by atoms with Crippen LogP contribution in [-0.4, -0.2) is 17.5 Å². The molecule has 14 heavy (non-hydrogen) atoms. The highest BCUT2D eigenvalue weighted by atomic mass is 19.3. The van der Waals surface area contributed by atoms with Crippen molar-refractivity contribution in [1.82, 2.24) is 0 Å². The van der Waals surface area contributed by atoms with Crippen molar-refractivity contribution in [2.75, 3.05) is 0 Å². The Bertz CT molecular complexity index is 160. The average Bonchev–Trinajstić information content (AvgIpc) is 2.09. The van der Waals surface area contributed by atoms with E-state index in [0.29, 0.717) is 25.7 Å². The number of rotatable bonds is 8. The van der Waals surface area contributed by atoms with Crippen LogP contribution in [0.5, 0.6) is 0 Å². The molecule has 0 aliphatic heterocycles. The van der Waals surface area contributed by atoms with Crippen LogP contribution in [0.2, 0.25) is 0 Å². The third kappa shape index (κ3) is 6.80. The SMILES string of the molecule is CCCC(CCCCC(F)F)C(=O)O. The highest BCUT2D eigenvalue weighted by molar-refractivity contribution is 5.69. The van der Waals surface area contributed by atoms with Crippen LogP contribution < -0.4 is 0 Å². The van der Waals surface area contributed by atoms with Crippen molar-refractivity contribution in [3.63, 3.8) is 0 Å². The lowest BCUT2D eigenvalue weighted by atomic mass is 9.97. The van der Waals surface area contributed by atoms with Crippen LogP contribution in [0.4, 0.5) is 8.78 Å². The number of unbranched alkanes of at least 4 members (excludes halogenated alkanes) is 1. The number of carbonyl (C=O) groups is 1. The van der Waals surface area contributed by atoms with E-state index < -0.39 is 12.4 Å². The van der Waals surface area contributed by atoms with Crippen molar-refractivity contribution in [1.29, 1.82) is 0 Å². The van der Waals surface area contributed by atoms with E-state index in [9.17, 15) is 13.6 Å². The second-order valence-corrected chi connectivity index (χ2v) is 3.50. The summed E-state index contributed by atoms with van der Waals surface area (Å²) in [5, 5.41) is 8.76. The standard InChI is InChI=1S/C10H18F2O2/c1-2-5-8(10(13)14)6-3-4-7-9(11)12/h8-9H,2-7H2,1H3,(H,13,14). The summed E-state index contributed by atoms with van der Waals surface area (Å²) in [4.78, 5) is 10.7. The molecule has 84 valence electrons. The van der Waals surface area contributed by atoms with Gasteiger partial charge in [-0.1, -0.05) is 19.8 Å². The molecule has 0 aromatic heterocycles. The summed E-state index contributed by atoms with van der Waals surface area (Å²) in [5.74, 6) is -1.15. The van der Waals surface area contributed by atoms with E-state index in [4.69, 9.17) is 5.11 Å².